The largest absolute Gasteiger partial charge is 0.478 e. The fourth-order valence-corrected chi connectivity index (χ4v) is 2.98. The Morgan fingerprint density at radius 1 is 1.25 bits per heavy atom. The molecule has 2 aromatic carbocycles. The lowest BCUT2D eigenvalue weighted by Crippen LogP contribution is -2.01. The molecule has 0 aliphatic carbocycles. The fourth-order valence-electron chi connectivity index (χ4n) is 1.88. The molecule has 0 aliphatic heterocycles. The van der Waals surface area contributed by atoms with Crippen molar-refractivity contribution in [3.8, 4) is 5.69 Å². The number of carboxylic acid groups (broad SMARTS) is 1. The normalized spacial score (nSPS) is 10.9. The molecule has 0 aliphatic rings. The Morgan fingerprint density at radius 2 is 2.05 bits per heavy atom. The van der Waals surface area contributed by atoms with Gasteiger partial charge in [-0.25, -0.2) is 9.48 Å². The van der Waals surface area contributed by atoms with Gasteiger partial charge in [0.1, 0.15) is 5.52 Å². The predicted molar refractivity (Wildman–Crippen MR) is 83.6 cm³/mol. The molecular formula is C13H7ClIN3O2. The van der Waals surface area contributed by atoms with Crippen LogP contribution in [0, 0.1) is 3.57 Å². The molecular weight excluding hydrogens is 393 g/mol. The minimum atomic E-state index is -0.981. The second-order valence-corrected chi connectivity index (χ2v) is 5.70. The Balaban J connectivity index is 2.25. The van der Waals surface area contributed by atoms with Crippen LogP contribution < -0.4 is 0 Å². The van der Waals surface area contributed by atoms with E-state index >= 15 is 0 Å². The van der Waals surface area contributed by atoms with E-state index in [0.717, 1.165) is 9.26 Å². The number of hydrogen-bond acceptors (Lipinski definition) is 3. The van der Waals surface area contributed by atoms with Gasteiger partial charge in [-0.1, -0.05) is 16.8 Å². The highest BCUT2D eigenvalue weighted by atomic mass is 127. The first-order chi connectivity index (χ1) is 9.56. The topological polar surface area (TPSA) is 68.0 Å². The molecule has 0 atom stereocenters. The lowest BCUT2D eigenvalue weighted by molar-refractivity contribution is 0.0697. The molecule has 1 aromatic heterocycles. The lowest BCUT2D eigenvalue weighted by atomic mass is 10.2. The Hall–Kier alpha value is -1.67. The maximum atomic E-state index is 11.1. The Kier molecular flexibility index (Phi) is 3.35. The molecule has 7 heteroatoms. The number of hydrogen-bond donors (Lipinski definition) is 1. The second kappa shape index (κ2) is 5.02. The first-order valence-electron chi connectivity index (χ1n) is 5.60. The van der Waals surface area contributed by atoms with Gasteiger partial charge >= 0.3 is 5.97 Å². The Bertz CT molecular complexity index is 832. The van der Waals surface area contributed by atoms with E-state index in [9.17, 15) is 4.79 Å². The average Bonchev–Trinajstić information content (AvgIpc) is 2.81. The summed E-state index contributed by atoms with van der Waals surface area (Å²) in [5.41, 5.74) is 2.29. The SMILES string of the molecule is O=C(O)c1ccc2nnn(-c3ccc(Cl)cc3I)c2c1. The van der Waals surface area contributed by atoms with Gasteiger partial charge in [0.2, 0.25) is 0 Å². The van der Waals surface area contributed by atoms with Crippen LogP contribution in [0.3, 0.4) is 0 Å². The third kappa shape index (κ3) is 2.25. The van der Waals surface area contributed by atoms with E-state index in [1.165, 1.54) is 6.07 Å². The van der Waals surface area contributed by atoms with Crippen molar-refractivity contribution in [1.82, 2.24) is 15.0 Å². The van der Waals surface area contributed by atoms with Crippen molar-refractivity contribution in [1.29, 1.82) is 0 Å². The molecule has 0 saturated carbocycles. The summed E-state index contributed by atoms with van der Waals surface area (Å²) in [5, 5.41) is 17.8. The summed E-state index contributed by atoms with van der Waals surface area (Å²) < 4.78 is 2.52. The molecule has 0 unspecified atom stereocenters. The van der Waals surface area contributed by atoms with E-state index in [1.807, 2.05) is 12.1 Å². The molecule has 100 valence electrons. The number of nitrogens with zero attached hydrogens (tertiary/aromatic N) is 3. The molecule has 0 radical (unpaired) electrons. The number of aromatic nitrogens is 3. The zero-order valence-corrected chi connectivity index (χ0v) is 12.8. The molecule has 3 rings (SSSR count). The minimum Gasteiger partial charge on any atom is -0.478 e. The van der Waals surface area contributed by atoms with E-state index in [1.54, 1.807) is 22.9 Å². The standard InChI is InChI=1S/C13H7ClIN3O2/c14-8-2-4-11(9(15)6-8)18-12-5-7(13(19)20)1-3-10(12)16-17-18/h1-6H,(H,19,20). The Morgan fingerprint density at radius 3 is 2.75 bits per heavy atom. The molecule has 0 bridgehead atoms. The number of fused-ring (bicyclic) bond motifs is 1. The number of halogens is 2. The number of carboxylic acids is 1. The van der Waals surface area contributed by atoms with E-state index in [0.29, 0.717) is 16.1 Å². The van der Waals surface area contributed by atoms with Gasteiger partial charge < -0.3 is 5.11 Å². The van der Waals surface area contributed by atoms with Crippen LogP contribution in [-0.2, 0) is 0 Å². The quantitative estimate of drug-likeness (QED) is 0.671. The maximum Gasteiger partial charge on any atom is 0.335 e. The van der Waals surface area contributed by atoms with E-state index < -0.39 is 5.97 Å². The van der Waals surface area contributed by atoms with Crippen LogP contribution in [0.25, 0.3) is 16.7 Å². The number of carbonyl (C=O) groups is 1. The smallest absolute Gasteiger partial charge is 0.335 e. The van der Waals surface area contributed by atoms with Gasteiger partial charge in [-0.15, -0.1) is 5.10 Å². The second-order valence-electron chi connectivity index (χ2n) is 4.11. The molecule has 0 spiro atoms. The molecule has 20 heavy (non-hydrogen) atoms. The van der Waals surface area contributed by atoms with Crippen LogP contribution in [0.5, 0.6) is 0 Å². The molecule has 0 saturated heterocycles. The molecule has 5 nitrogen and oxygen atoms in total. The van der Waals surface area contributed by atoms with Crippen molar-refractivity contribution >= 4 is 51.2 Å². The van der Waals surface area contributed by atoms with Gasteiger partial charge in [-0.05, 0) is 59.0 Å². The van der Waals surface area contributed by atoms with Crippen LogP contribution >= 0.6 is 34.2 Å². The summed E-state index contributed by atoms with van der Waals surface area (Å²) in [5.74, 6) is -0.981. The highest BCUT2D eigenvalue weighted by Gasteiger charge is 2.12. The number of benzene rings is 2. The summed E-state index contributed by atoms with van der Waals surface area (Å²) in [7, 11) is 0. The minimum absolute atomic E-state index is 0.199. The van der Waals surface area contributed by atoms with Gasteiger partial charge in [-0.2, -0.15) is 0 Å². The zero-order valence-electron chi connectivity index (χ0n) is 9.92. The zero-order chi connectivity index (χ0) is 14.3. The summed E-state index contributed by atoms with van der Waals surface area (Å²) >= 11 is 8.09. The van der Waals surface area contributed by atoms with Crippen LogP contribution in [0.15, 0.2) is 36.4 Å². The Labute approximate surface area is 132 Å². The molecule has 1 heterocycles. The van der Waals surface area contributed by atoms with Gasteiger partial charge in [0.05, 0.1) is 16.8 Å². The van der Waals surface area contributed by atoms with Crippen molar-refractivity contribution in [2.75, 3.05) is 0 Å². The summed E-state index contributed by atoms with van der Waals surface area (Å²) in [6.45, 7) is 0. The van der Waals surface area contributed by atoms with Gasteiger partial charge in [0.25, 0.3) is 0 Å². The summed E-state index contributed by atoms with van der Waals surface area (Å²) in [4.78, 5) is 11.1. The van der Waals surface area contributed by atoms with Gasteiger partial charge in [-0.3, -0.25) is 0 Å². The molecule has 0 fully saturated rings. The van der Waals surface area contributed by atoms with Gasteiger partial charge in [0, 0.05) is 8.59 Å². The number of rotatable bonds is 2. The van der Waals surface area contributed by atoms with Crippen molar-refractivity contribution in [3.63, 3.8) is 0 Å². The highest BCUT2D eigenvalue weighted by molar-refractivity contribution is 14.1. The van der Waals surface area contributed by atoms with Crippen molar-refractivity contribution < 1.29 is 9.90 Å². The van der Waals surface area contributed by atoms with Crippen molar-refractivity contribution in [3.05, 3.63) is 50.6 Å². The van der Waals surface area contributed by atoms with Gasteiger partial charge in [0.15, 0.2) is 0 Å². The maximum absolute atomic E-state index is 11.1. The monoisotopic (exact) mass is 399 g/mol. The van der Waals surface area contributed by atoms with Crippen LogP contribution in [0.1, 0.15) is 10.4 Å². The van der Waals surface area contributed by atoms with Crippen molar-refractivity contribution in [2.45, 2.75) is 0 Å². The molecule has 1 N–H and O–H groups in total. The van der Waals surface area contributed by atoms with E-state index in [2.05, 4.69) is 32.9 Å². The van der Waals surface area contributed by atoms with Crippen LogP contribution in [-0.4, -0.2) is 26.1 Å². The summed E-state index contributed by atoms with van der Waals surface area (Å²) in [6.07, 6.45) is 0. The van der Waals surface area contributed by atoms with Crippen molar-refractivity contribution in [2.24, 2.45) is 0 Å². The third-order valence-electron chi connectivity index (χ3n) is 2.83. The van der Waals surface area contributed by atoms with E-state index in [4.69, 9.17) is 16.7 Å². The third-order valence-corrected chi connectivity index (χ3v) is 3.93. The van der Waals surface area contributed by atoms with E-state index in [-0.39, 0.29) is 5.56 Å². The predicted octanol–water partition coefficient (Wildman–Crippen LogP) is 3.38. The summed E-state index contributed by atoms with van der Waals surface area (Å²) in [6, 6.07) is 10.1. The first-order valence-corrected chi connectivity index (χ1v) is 7.06. The number of aromatic carboxylic acids is 1. The molecule has 0 amide bonds. The average molecular weight is 400 g/mol. The fraction of sp³-hybridized carbons (Fsp3) is 0. The van der Waals surface area contributed by atoms with Crippen LogP contribution in [0.4, 0.5) is 0 Å². The lowest BCUT2D eigenvalue weighted by Gasteiger charge is -2.05. The molecule has 3 aromatic rings. The highest BCUT2D eigenvalue weighted by Crippen LogP contribution is 2.24. The van der Waals surface area contributed by atoms with Crippen LogP contribution in [0.2, 0.25) is 5.02 Å². The first kappa shape index (κ1) is 13.3.